The summed E-state index contributed by atoms with van der Waals surface area (Å²) >= 11 is 1.90. The molecule has 1 aromatic heterocycles. The van der Waals surface area contributed by atoms with Gasteiger partial charge >= 0.3 is 0 Å². The summed E-state index contributed by atoms with van der Waals surface area (Å²) in [7, 11) is 0. The van der Waals surface area contributed by atoms with Crippen molar-refractivity contribution in [1.82, 2.24) is 5.32 Å². The van der Waals surface area contributed by atoms with E-state index in [4.69, 9.17) is 0 Å². The Balaban J connectivity index is 1.92. The van der Waals surface area contributed by atoms with Crippen LogP contribution in [0.15, 0.2) is 36.4 Å². The van der Waals surface area contributed by atoms with Crippen LogP contribution in [-0.2, 0) is 6.42 Å². The molecule has 21 heavy (non-hydrogen) atoms. The number of hydrogen-bond donors (Lipinski definition) is 1. The van der Waals surface area contributed by atoms with E-state index in [1.807, 2.05) is 11.3 Å². The van der Waals surface area contributed by atoms with Gasteiger partial charge in [-0.1, -0.05) is 38.1 Å². The normalized spacial score (nSPS) is 14.4. The highest BCUT2D eigenvalue weighted by Crippen LogP contribution is 2.20. The van der Waals surface area contributed by atoms with E-state index in [9.17, 15) is 0 Å². The van der Waals surface area contributed by atoms with Crippen molar-refractivity contribution < 1.29 is 0 Å². The lowest BCUT2D eigenvalue weighted by molar-refractivity contribution is 0.479. The first-order chi connectivity index (χ1) is 9.95. The molecule has 0 bridgehead atoms. The van der Waals surface area contributed by atoms with Gasteiger partial charge < -0.3 is 5.32 Å². The monoisotopic (exact) mass is 301 g/mol. The van der Waals surface area contributed by atoms with Crippen molar-refractivity contribution in [2.24, 2.45) is 0 Å². The minimum atomic E-state index is 0.391. The lowest BCUT2D eigenvalue weighted by atomic mass is 9.99. The first-order valence-electron chi connectivity index (χ1n) is 7.87. The van der Waals surface area contributed by atoms with Crippen molar-refractivity contribution in [3.63, 3.8) is 0 Å². The molecule has 0 aliphatic rings. The van der Waals surface area contributed by atoms with Gasteiger partial charge in [-0.05, 0) is 56.4 Å². The molecule has 0 aliphatic carbocycles. The van der Waals surface area contributed by atoms with Crippen LogP contribution in [0.5, 0.6) is 0 Å². The zero-order chi connectivity index (χ0) is 15.4. The SMILES string of the molecule is Cc1ccc(CC(C)NC(C)c2ccc(C(C)C)cc2)s1. The molecule has 114 valence electrons. The van der Waals surface area contributed by atoms with Crippen LogP contribution in [0.4, 0.5) is 0 Å². The summed E-state index contributed by atoms with van der Waals surface area (Å²) in [5, 5.41) is 3.71. The first kappa shape index (κ1) is 16.3. The van der Waals surface area contributed by atoms with Gasteiger partial charge in [0.1, 0.15) is 0 Å². The van der Waals surface area contributed by atoms with Crippen molar-refractivity contribution >= 4 is 11.3 Å². The minimum absolute atomic E-state index is 0.391. The number of nitrogens with one attached hydrogen (secondary N) is 1. The Morgan fingerprint density at radius 3 is 2.05 bits per heavy atom. The van der Waals surface area contributed by atoms with E-state index in [1.54, 1.807) is 0 Å². The molecule has 0 saturated heterocycles. The molecule has 0 spiro atoms. The van der Waals surface area contributed by atoms with Gasteiger partial charge in [0.2, 0.25) is 0 Å². The fraction of sp³-hybridized carbons (Fsp3) is 0.474. The van der Waals surface area contributed by atoms with Gasteiger partial charge in [-0.25, -0.2) is 0 Å². The minimum Gasteiger partial charge on any atom is -0.307 e. The maximum Gasteiger partial charge on any atom is 0.0294 e. The number of thiophene rings is 1. The Hall–Kier alpha value is -1.12. The highest BCUT2D eigenvalue weighted by atomic mass is 32.1. The first-order valence-corrected chi connectivity index (χ1v) is 8.68. The van der Waals surface area contributed by atoms with Crippen LogP contribution in [0.1, 0.15) is 60.5 Å². The van der Waals surface area contributed by atoms with Gasteiger partial charge in [0.25, 0.3) is 0 Å². The maximum atomic E-state index is 3.71. The van der Waals surface area contributed by atoms with Gasteiger partial charge in [-0.3, -0.25) is 0 Å². The van der Waals surface area contributed by atoms with Crippen molar-refractivity contribution in [2.75, 3.05) is 0 Å². The van der Waals surface area contributed by atoms with E-state index in [0.29, 0.717) is 18.0 Å². The third-order valence-electron chi connectivity index (χ3n) is 3.94. The summed E-state index contributed by atoms with van der Waals surface area (Å²) in [6.45, 7) is 11.2. The van der Waals surface area contributed by atoms with Crippen molar-refractivity contribution in [2.45, 2.75) is 59.0 Å². The van der Waals surface area contributed by atoms with E-state index < -0.39 is 0 Å². The maximum absolute atomic E-state index is 3.71. The topological polar surface area (TPSA) is 12.0 Å². The fourth-order valence-electron chi connectivity index (χ4n) is 2.65. The third kappa shape index (κ3) is 4.69. The van der Waals surface area contributed by atoms with Crippen LogP contribution >= 0.6 is 11.3 Å². The number of benzene rings is 1. The van der Waals surface area contributed by atoms with E-state index in [2.05, 4.69) is 76.3 Å². The Morgan fingerprint density at radius 1 is 0.905 bits per heavy atom. The Labute approximate surface area is 133 Å². The largest absolute Gasteiger partial charge is 0.307 e. The second kappa shape index (κ2) is 7.24. The number of hydrogen-bond acceptors (Lipinski definition) is 2. The lowest BCUT2D eigenvalue weighted by Gasteiger charge is -2.20. The molecule has 2 rings (SSSR count). The molecule has 2 atom stereocenters. The summed E-state index contributed by atoms with van der Waals surface area (Å²) in [5.74, 6) is 0.600. The van der Waals surface area contributed by atoms with Gasteiger partial charge in [-0.2, -0.15) is 0 Å². The number of rotatable bonds is 6. The highest BCUT2D eigenvalue weighted by Gasteiger charge is 2.11. The second-order valence-electron chi connectivity index (χ2n) is 6.33. The molecule has 1 heterocycles. The van der Waals surface area contributed by atoms with Crippen LogP contribution < -0.4 is 5.32 Å². The van der Waals surface area contributed by atoms with Crippen molar-refractivity contribution in [3.8, 4) is 0 Å². The van der Waals surface area contributed by atoms with E-state index >= 15 is 0 Å². The zero-order valence-corrected chi connectivity index (χ0v) is 14.6. The van der Waals surface area contributed by atoms with Crippen molar-refractivity contribution in [1.29, 1.82) is 0 Å². The third-order valence-corrected chi connectivity index (χ3v) is 4.96. The molecule has 0 saturated carbocycles. The van der Waals surface area contributed by atoms with Gasteiger partial charge in [-0.15, -0.1) is 11.3 Å². The molecule has 0 aliphatic heterocycles. The predicted octanol–water partition coefficient (Wildman–Crippen LogP) is 5.46. The van der Waals surface area contributed by atoms with Crippen LogP contribution in [0.2, 0.25) is 0 Å². The molecule has 2 unspecified atom stereocenters. The van der Waals surface area contributed by atoms with Crippen LogP contribution in [0, 0.1) is 6.92 Å². The van der Waals surface area contributed by atoms with E-state index in [0.717, 1.165) is 6.42 Å². The number of aryl methyl sites for hydroxylation is 1. The van der Waals surface area contributed by atoms with Gasteiger partial charge in [0.05, 0.1) is 0 Å². The molecule has 2 aromatic rings. The van der Waals surface area contributed by atoms with Crippen LogP contribution in [-0.4, -0.2) is 6.04 Å². The average Bonchev–Trinajstić information content (AvgIpc) is 2.83. The van der Waals surface area contributed by atoms with Gasteiger partial charge in [0, 0.05) is 21.8 Å². The summed E-state index contributed by atoms with van der Waals surface area (Å²) < 4.78 is 0. The molecular formula is C19H27NS. The summed E-state index contributed by atoms with van der Waals surface area (Å²) in [4.78, 5) is 2.87. The Kier molecular flexibility index (Phi) is 5.60. The van der Waals surface area contributed by atoms with Crippen LogP contribution in [0.25, 0.3) is 0 Å². The molecule has 0 radical (unpaired) electrons. The molecule has 1 aromatic carbocycles. The Bertz CT molecular complexity index is 553. The van der Waals surface area contributed by atoms with Crippen molar-refractivity contribution in [3.05, 3.63) is 57.3 Å². The summed E-state index contributed by atoms with van der Waals surface area (Å²) in [6, 6.07) is 14.4. The summed E-state index contributed by atoms with van der Waals surface area (Å²) in [5.41, 5.74) is 2.78. The second-order valence-corrected chi connectivity index (χ2v) is 7.70. The predicted molar refractivity (Wildman–Crippen MR) is 94.3 cm³/mol. The van der Waals surface area contributed by atoms with E-state index in [-0.39, 0.29) is 0 Å². The zero-order valence-electron chi connectivity index (χ0n) is 13.8. The average molecular weight is 301 g/mol. The Morgan fingerprint density at radius 2 is 1.52 bits per heavy atom. The molecule has 1 N–H and O–H groups in total. The summed E-state index contributed by atoms with van der Waals surface area (Å²) in [6.07, 6.45) is 1.10. The quantitative estimate of drug-likeness (QED) is 0.747. The van der Waals surface area contributed by atoms with E-state index in [1.165, 1.54) is 20.9 Å². The highest BCUT2D eigenvalue weighted by molar-refractivity contribution is 7.11. The lowest BCUT2D eigenvalue weighted by Crippen LogP contribution is -2.30. The fourth-order valence-corrected chi connectivity index (χ4v) is 3.67. The molecule has 1 nitrogen and oxygen atoms in total. The molecule has 2 heteroatoms. The van der Waals surface area contributed by atoms with Crippen LogP contribution in [0.3, 0.4) is 0 Å². The molecule has 0 amide bonds. The molecular weight excluding hydrogens is 274 g/mol. The molecule has 0 fully saturated rings. The van der Waals surface area contributed by atoms with Gasteiger partial charge in [0.15, 0.2) is 0 Å². The standard InChI is InChI=1S/C19H27NS/c1-13(2)17-7-9-18(10-8-17)16(5)20-14(3)12-19-11-6-15(4)21-19/h6-11,13-14,16,20H,12H2,1-5H3. The smallest absolute Gasteiger partial charge is 0.0294 e.